The molecule has 0 aliphatic heterocycles. The molecule has 50 heavy (non-hydrogen) atoms. The Hall–Kier alpha value is -6.25. The van der Waals surface area contributed by atoms with Gasteiger partial charge in [-0.2, -0.15) is 0 Å². The maximum Gasteiger partial charge on any atom is 0.0706 e. The first-order chi connectivity index (χ1) is 24.6. The molecule has 0 amide bonds. The first kappa shape index (κ1) is 28.7. The fourth-order valence-corrected chi connectivity index (χ4v) is 8.34. The predicted molar refractivity (Wildman–Crippen MR) is 211 cm³/mol. The Kier molecular flexibility index (Phi) is 6.25. The zero-order valence-corrected chi connectivity index (χ0v) is 28.1. The lowest BCUT2D eigenvalue weighted by molar-refractivity contribution is 0.622. The molecular weight excluding hydrogens is 605 g/mol. The summed E-state index contributed by atoms with van der Waals surface area (Å²) < 4.78 is 0. The Morgan fingerprint density at radius 1 is 0.440 bits per heavy atom. The summed E-state index contributed by atoms with van der Waals surface area (Å²) in [6.07, 6.45) is 0. The lowest BCUT2D eigenvalue weighted by Crippen LogP contribution is -2.25. The number of benzene rings is 8. The highest BCUT2D eigenvalue weighted by Gasteiger charge is 2.36. The summed E-state index contributed by atoms with van der Waals surface area (Å²) in [7, 11) is 0. The van der Waals surface area contributed by atoms with E-state index in [1.54, 1.807) is 0 Å². The third kappa shape index (κ3) is 4.25. The van der Waals surface area contributed by atoms with Gasteiger partial charge < -0.3 is 4.90 Å². The van der Waals surface area contributed by atoms with Crippen LogP contribution in [0, 0.1) is 0 Å². The second-order valence-corrected chi connectivity index (χ2v) is 14.0. The van der Waals surface area contributed by atoms with E-state index >= 15 is 0 Å². The molecule has 2 nitrogen and oxygen atoms in total. The van der Waals surface area contributed by atoms with Gasteiger partial charge in [0.1, 0.15) is 0 Å². The van der Waals surface area contributed by atoms with Gasteiger partial charge in [-0.05, 0) is 103 Å². The van der Waals surface area contributed by atoms with Crippen molar-refractivity contribution in [3.05, 3.63) is 181 Å². The number of nitrogens with zero attached hydrogens (tertiary/aromatic N) is 2. The number of hydrogen-bond acceptors (Lipinski definition) is 2. The summed E-state index contributed by atoms with van der Waals surface area (Å²) in [6.45, 7) is 4.67. The third-order valence-corrected chi connectivity index (χ3v) is 10.7. The Morgan fingerprint density at radius 2 is 1.04 bits per heavy atom. The van der Waals surface area contributed by atoms with E-state index in [1.165, 1.54) is 60.1 Å². The molecule has 1 heterocycles. The fraction of sp³-hybridized carbons (Fsp3) is 0.0625. The smallest absolute Gasteiger partial charge is 0.0706 e. The average molecular weight is 639 g/mol. The van der Waals surface area contributed by atoms with Gasteiger partial charge >= 0.3 is 0 Å². The molecule has 0 spiro atoms. The molecule has 1 aromatic heterocycles. The molecular formula is C48H34N2. The van der Waals surface area contributed by atoms with E-state index in [1.807, 2.05) is 0 Å². The van der Waals surface area contributed by atoms with Crippen molar-refractivity contribution < 1.29 is 0 Å². The maximum atomic E-state index is 5.35. The molecule has 0 unspecified atom stereocenters. The molecule has 0 N–H and O–H groups in total. The zero-order chi connectivity index (χ0) is 33.4. The summed E-state index contributed by atoms with van der Waals surface area (Å²) in [6, 6.07) is 61.6. The molecule has 0 fully saturated rings. The highest BCUT2D eigenvalue weighted by molar-refractivity contribution is 6.29. The molecule has 0 saturated heterocycles. The number of fused-ring (bicyclic) bond motifs is 2. The van der Waals surface area contributed by atoms with E-state index in [-0.39, 0.29) is 5.41 Å². The standard InChI is InChI=1S/C48H34N2/c1-48(2)42-28-22-33-20-26-39-38(31-18-23-37(24-19-31)50(35-14-8-4-9-15-35)36-16-10-5-11-17-36)25-21-34-30-41(46(42)45(33)44(34)39)40-27-29-43(49-47(40)48)32-12-6-3-7-13-32/h3-30H,1-2H3. The summed E-state index contributed by atoms with van der Waals surface area (Å²) in [5.74, 6) is 0. The average Bonchev–Trinajstić information content (AvgIpc) is 3.17. The Bertz CT molecular complexity index is 2650. The van der Waals surface area contributed by atoms with E-state index < -0.39 is 0 Å². The topological polar surface area (TPSA) is 16.1 Å². The maximum absolute atomic E-state index is 5.35. The second-order valence-electron chi connectivity index (χ2n) is 14.0. The van der Waals surface area contributed by atoms with Crippen LogP contribution >= 0.6 is 0 Å². The van der Waals surface area contributed by atoms with Crippen LogP contribution in [0.15, 0.2) is 170 Å². The van der Waals surface area contributed by atoms with Gasteiger partial charge in [0.15, 0.2) is 0 Å². The molecule has 236 valence electrons. The number of aromatic nitrogens is 1. The molecule has 1 aliphatic rings. The van der Waals surface area contributed by atoms with Crippen molar-refractivity contribution in [2.24, 2.45) is 0 Å². The Morgan fingerprint density at radius 3 is 1.74 bits per heavy atom. The van der Waals surface area contributed by atoms with Crippen molar-refractivity contribution in [3.8, 4) is 33.5 Å². The van der Waals surface area contributed by atoms with Crippen LogP contribution in [0.25, 0.3) is 65.8 Å². The fourth-order valence-electron chi connectivity index (χ4n) is 8.34. The van der Waals surface area contributed by atoms with E-state index in [0.717, 1.165) is 34.0 Å². The number of rotatable bonds is 5. The Labute approximate surface area is 292 Å². The number of hydrogen-bond donors (Lipinski definition) is 0. The third-order valence-electron chi connectivity index (χ3n) is 10.7. The van der Waals surface area contributed by atoms with Gasteiger partial charge in [0, 0.05) is 33.6 Å². The van der Waals surface area contributed by atoms with E-state index in [9.17, 15) is 0 Å². The van der Waals surface area contributed by atoms with Crippen molar-refractivity contribution in [2.75, 3.05) is 4.90 Å². The second kappa shape index (κ2) is 10.9. The minimum Gasteiger partial charge on any atom is -0.311 e. The molecule has 0 bridgehead atoms. The molecule has 1 aliphatic carbocycles. The van der Waals surface area contributed by atoms with Crippen LogP contribution < -0.4 is 4.90 Å². The van der Waals surface area contributed by atoms with Gasteiger partial charge in [-0.3, -0.25) is 4.98 Å². The minimum absolute atomic E-state index is 0.253. The first-order valence-electron chi connectivity index (χ1n) is 17.4. The highest BCUT2D eigenvalue weighted by Crippen LogP contribution is 2.52. The minimum atomic E-state index is -0.253. The van der Waals surface area contributed by atoms with E-state index in [4.69, 9.17) is 4.98 Å². The van der Waals surface area contributed by atoms with Gasteiger partial charge in [-0.1, -0.05) is 135 Å². The van der Waals surface area contributed by atoms with Crippen LogP contribution in [-0.2, 0) is 5.41 Å². The normalized spacial score (nSPS) is 13.2. The predicted octanol–water partition coefficient (Wildman–Crippen LogP) is 13.1. The summed E-state index contributed by atoms with van der Waals surface area (Å²) >= 11 is 0. The number of anilines is 3. The van der Waals surface area contributed by atoms with E-state index in [2.05, 4.69) is 189 Å². The molecule has 2 heteroatoms. The lowest BCUT2D eigenvalue weighted by Gasteiger charge is -2.35. The van der Waals surface area contributed by atoms with Crippen molar-refractivity contribution in [1.29, 1.82) is 0 Å². The van der Waals surface area contributed by atoms with Gasteiger partial charge in [0.2, 0.25) is 0 Å². The summed E-state index contributed by atoms with van der Waals surface area (Å²) in [5.41, 5.74) is 12.8. The first-order valence-corrected chi connectivity index (χ1v) is 17.4. The van der Waals surface area contributed by atoms with Gasteiger partial charge in [0.05, 0.1) is 11.4 Å². The van der Waals surface area contributed by atoms with Gasteiger partial charge in [-0.25, -0.2) is 0 Å². The number of para-hydroxylation sites is 2. The largest absolute Gasteiger partial charge is 0.311 e. The van der Waals surface area contributed by atoms with E-state index in [0.29, 0.717) is 0 Å². The lowest BCUT2D eigenvalue weighted by atomic mass is 9.69. The molecule has 0 atom stereocenters. The van der Waals surface area contributed by atoms with Gasteiger partial charge in [0.25, 0.3) is 0 Å². The van der Waals surface area contributed by atoms with Crippen molar-refractivity contribution in [1.82, 2.24) is 4.98 Å². The highest BCUT2D eigenvalue weighted by atomic mass is 15.1. The van der Waals surface area contributed by atoms with Crippen LogP contribution in [0.3, 0.4) is 0 Å². The SMILES string of the molecule is CC1(C)c2nc(-c3ccccc3)ccc2-c2cc3ccc(-c4ccc(N(c5ccccc5)c5ccccc5)cc4)c4ccc5ccc1c2c5c34. The molecule has 9 aromatic rings. The molecule has 8 aromatic carbocycles. The van der Waals surface area contributed by atoms with Crippen LogP contribution in [0.4, 0.5) is 17.1 Å². The van der Waals surface area contributed by atoms with Gasteiger partial charge in [-0.15, -0.1) is 0 Å². The molecule has 0 radical (unpaired) electrons. The monoisotopic (exact) mass is 638 g/mol. The quantitative estimate of drug-likeness (QED) is 0.174. The Balaban J connectivity index is 1.14. The summed E-state index contributed by atoms with van der Waals surface area (Å²) in [5, 5.41) is 7.90. The van der Waals surface area contributed by atoms with Crippen molar-refractivity contribution >= 4 is 49.4 Å². The van der Waals surface area contributed by atoms with Crippen LogP contribution in [0.1, 0.15) is 25.1 Å². The summed E-state index contributed by atoms with van der Waals surface area (Å²) in [4.78, 5) is 7.66. The van der Waals surface area contributed by atoms with Crippen LogP contribution in [-0.4, -0.2) is 4.98 Å². The van der Waals surface area contributed by atoms with Crippen LogP contribution in [0.5, 0.6) is 0 Å². The van der Waals surface area contributed by atoms with Crippen LogP contribution in [0.2, 0.25) is 0 Å². The zero-order valence-electron chi connectivity index (χ0n) is 28.1. The van der Waals surface area contributed by atoms with Crippen molar-refractivity contribution in [2.45, 2.75) is 19.3 Å². The molecule has 10 rings (SSSR count). The van der Waals surface area contributed by atoms with Crippen molar-refractivity contribution in [3.63, 3.8) is 0 Å². The molecule has 0 saturated carbocycles. The number of pyridine rings is 1.